The maximum Gasteiger partial charge on any atom is 0.150 e. The molecule has 0 atom stereocenters. The van der Waals surface area contributed by atoms with Gasteiger partial charge in [-0.05, 0) is 17.7 Å². The van der Waals surface area contributed by atoms with Crippen LogP contribution in [0.5, 0.6) is 0 Å². The number of aromatic amines is 1. The molecule has 0 aliphatic heterocycles. The molecule has 1 aromatic carbocycles. The minimum Gasteiger partial charge on any atom is -0.351 e. The molecule has 0 fully saturated rings. The van der Waals surface area contributed by atoms with E-state index in [0.717, 1.165) is 17.5 Å². The second kappa shape index (κ2) is 4.37. The van der Waals surface area contributed by atoms with E-state index >= 15 is 0 Å². The number of carbonyl (C=O) groups excluding carboxylic acids is 1. The average Bonchev–Trinajstić information content (AvgIpc) is 2.79. The summed E-state index contributed by atoms with van der Waals surface area (Å²) in [7, 11) is 0. The molecular weight excluding hydrogens is 188 g/mol. The normalized spacial score (nSPS) is 10.7. The Balaban J connectivity index is 2.20. The molecule has 0 saturated heterocycles. The van der Waals surface area contributed by atoms with Gasteiger partial charge in [-0.15, -0.1) is 0 Å². The zero-order chi connectivity index (χ0) is 10.5. The van der Waals surface area contributed by atoms with Gasteiger partial charge in [0.05, 0.1) is 12.0 Å². The summed E-state index contributed by atoms with van der Waals surface area (Å²) in [6.45, 7) is 0. The minimum absolute atomic E-state index is 0.680. The topological polar surface area (TPSA) is 45.8 Å². The van der Waals surface area contributed by atoms with E-state index < -0.39 is 0 Å². The molecule has 1 aromatic heterocycles. The first-order valence-electron chi connectivity index (χ1n) is 4.60. The third-order valence-electron chi connectivity index (χ3n) is 2.01. The number of hydrogen-bond acceptors (Lipinski definition) is 2. The van der Waals surface area contributed by atoms with Crippen LogP contribution in [0, 0.1) is 0 Å². The van der Waals surface area contributed by atoms with Gasteiger partial charge < -0.3 is 4.98 Å². The third kappa shape index (κ3) is 2.40. The molecule has 3 heteroatoms. The maximum absolute atomic E-state index is 10.6. The quantitative estimate of drug-likeness (QED) is 0.769. The van der Waals surface area contributed by atoms with E-state index in [9.17, 15) is 4.79 Å². The molecule has 2 rings (SSSR count). The molecule has 74 valence electrons. The van der Waals surface area contributed by atoms with Crippen molar-refractivity contribution in [2.24, 2.45) is 0 Å². The van der Waals surface area contributed by atoms with Crippen molar-refractivity contribution in [1.82, 2.24) is 9.97 Å². The number of imidazole rings is 1. The van der Waals surface area contributed by atoms with E-state index in [4.69, 9.17) is 0 Å². The van der Waals surface area contributed by atoms with Crippen LogP contribution >= 0.6 is 0 Å². The second-order valence-electron chi connectivity index (χ2n) is 3.12. The van der Waals surface area contributed by atoms with Gasteiger partial charge in [-0.2, -0.15) is 0 Å². The summed E-state index contributed by atoms with van der Waals surface area (Å²) >= 11 is 0. The van der Waals surface area contributed by atoms with Gasteiger partial charge in [-0.1, -0.05) is 24.3 Å². The summed E-state index contributed by atoms with van der Waals surface area (Å²) in [6, 6.07) is 7.40. The number of aldehydes is 1. The number of hydrogen-bond donors (Lipinski definition) is 1. The van der Waals surface area contributed by atoms with Crippen LogP contribution in [0.15, 0.2) is 36.8 Å². The SMILES string of the molecule is O=Cc1cccc(C=Cc2c[nH]cn2)c1. The van der Waals surface area contributed by atoms with Gasteiger partial charge in [0.25, 0.3) is 0 Å². The first kappa shape index (κ1) is 9.40. The standard InChI is InChI=1S/C12H10N2O/c15-8-11-3-1-2-10(6-11)4-5-12-7-13-9-14-12/h1-9H,(H,13,14). The number of nitrogens with one attached hydrogen (secondary N) is 1. The van der Waals surface area contributed by atoms with E-state index in [1.807, 2.05) is 30.4 Å². The largest absolute Gasteiger partial charge is 0.351 e. The number of aromatic nitrogens is 2. The highest BCUT2D eigenvalue weighted by molar-refractivity contribution is 5.77. The van der Waals surface area contributed by atoms with Crippen molar-refractivity contribution in [2.45, 2.75) is 0 Å². The van der Waals surface area contributed by atoms with E-state index in [-0.39, 0.29) is 0 Å². The Hall–Kier alpha value is -2.16. The van der Waals surface area contributed by atoms with Crippen LogP contribution in [0.2, 0.25) is 0 Å². The van der Waals surface area contributed by atoms with Crippen molar-refractivity contribution in [3.63, 3.8) is 0 Å². The third-order valence-corrected chi connectivity index (χ3v) is 2.01. The van der Waals surface area contributed by atoms with Gasteiger partial charge in [-0.25, -0.2) is 4.98 Å². The molecule has 0 saturated carbocycles. The Bertz CT molecular complexity index is 472. The number of benzene rings is 1. The highest BCUT2D eigenvalue weighted by Crippen LogP contribution is 2.07. The van der Waals surface area contributed by atoms with Gasteiger partial charge in [-0.3, -0.25) is 4.79 Å². The lowest BCUT2D eigenvalue weighted by atomic mass is 10.1. The van der Waals surface area contributed by atoms with Crippen LogP contribution < -0.4 is 0 Å². The fraction of sp³-hybridized carbons (Fsp3) is 0. The zero-order valence-electron chi connectivity index (χ0n) is 8.05. The molecule has 1 heterocycles. The van der Waals surface area contributed by atoms with Crippen molar-refractivity contribution in [2.75, 3.05) is 0 Å². The summed E-state index contributed by atoms with van der Waals surface area (Å²) in [4.78, 5) is 17.5. The monoisotopic (exact) mass is 198 g/mol. The Morgan fingerprint density at radius 1 is 1.20 bits per heavy atom. The molecule has 0 aliphatic carbocycles. The smallest absolute Gasteiger partial charge is 0.150 e. The molecule has 3 nitrogen and oxygen atoms in total. The molecule has 2 aromatic rings. The molecule has 15 heavy (non-hydrogen) atoms. The average molecular weight is 198 g/mol. The van der Waals surface area contributed by atoms with Crippen LogP contribution in [-0.4, -0.2) is 16.3 Å². The molecule has 0 spiro atoms. The Morgan fingerprint density at radius 2 is 2.07 bits per heavy atom. The molecule has 1 N–H and O–H groups in total. The second-order valence-corrected chi connectivity index (χ2v) is 3.12. The predicted octanol–water partition coefficient (Wildman–Crippen LogP) is 2.39. The van der Waals surface area contributed by atoms with Crippen molar-refractivity contribution >= 4 is 18.4 Å². The van der Waals surface area contributed by atoms with Crippen molar-refractivity contribution in [3.8, 4) is 0 Å². The summed E-state index contributed by atoms with van der Waals surface area (Å²) in [5.41, 5.74) is 2.54. The number of rotatable bonds is 3. The van der Waals surface area contributed by atoms with Crippen LogP contribution in [0.1, 0.15) is 21.6 Å². The first-order chi connectivity index (χ1) is 7.38. The lowest BCUT2D eigenvalue weighted by molar-refractivity contribution is 0.112. The molecule has 0 unspecified atom stereocenters. The number of nitrogens with zero attached hydrogens (tertiary/aromatic N) is 1. The van der Waals surface area contributed by atoms with Crippen LogP contribution in [-0.2, 0) is 0 Å². The maximum atomic E-state index is 10.6. The highest BCUT2D eigenvalue weighted by atomic mass is 16.1. The fourth-order valence-corrected chi connectivity index (χ4v) is 1.28. The zero-order valence-corrected chi connectivity index (χ0v) is 8.05. The Labute approximate surface area is 87.5 Å². The summed E-state index contributed by atoms with van der Waals surface area (Å²) in [5.74, 6) is 0. The Kier molecular flexibility index (Phi) is 2.74. The molecule has 0 amide bonds. The summed E-state index contributed by atoms with van der Waals surface area (Å²) in [6.07, 6.45) is 8.08. The Morgan fingerprint density at radius 3 is 2.80 bits per heavy atom. The molecule has 0 bridgehead atoms. The summed E-state index contributed by atoms with van der Waals surface area (Å²) < 4.78 is 0. The van der Waals surface area contributed by atoms with E-state index in [1.165, 1.54) is 0 Å². The van der Waals surface area contributed by atoms with Crippen molar-refractivity contribution in [3.05, 3.63) is 53.6 Å². The lowest BCUT2D eigenvalue weighted by Gasteiger charge is -1.93. The highest BCUT2D eigenvalue weighted by Gasteiger charge is 1.91. The summed E-state index contributed by atoms with van der Waals surface area (Å²) in [5, 5.41) is 0. The predicted molar refractivity (Wildman–Crippen MR) is 59.3 cm³/mol. The first-order valence-corrected chi connectivity index (χ1v) is 4.60. The number of H-pyrrole nitrogens is 1. The minimum atomic E-state index is 0.680. The van der Waals surface area contributed by atoms with Gasteiger partial charge in [0, 0.05) is 11.8 Å². The number of carbonyl (C=O) groups is 1. The molecule has 0 aliphatic rings. The van der Waals surface area contributed by atoms with Crippen LogP contribution in [0.4, 0.5) is 0 Å². The molecular formula is C12H10N2O. The van der Waals surface area contributed by atoms with Gasteiger partial charge >= 0.3 is 0 Å². The van der Waals surface area contributed by atoms with E-state index in [2.05, 4.69) is 9.97 Å². The van der Waals surface area contributed by atoms with E-state index in [1.54, 1.807) is 18.6 Å². The van der Waals surface area contributed by atoms with Crippen LogP contribution in [0.3, 0.4) is 0 Å². The van der Waals surface area contributed by atoms with E-state index in [0.29, 0.717) is 5.56 Å². The lowest BCUT2D eigenvalue weighted by Crippen LogP contribution is -1.79. The van der Waals surface area contributed by atoms with Crippen molar-refractivity contribution < 1.29 is 4.79 Å². The van der Waals surface area contributed by atoms with Crippen LogP contribution in [0.25, 0.3) is 12.2 Å². The fourth-order valence-electron chi connectivity index (χ4n) is 1.28. The van der Waals surface area contributed by atoms with Crippen molar-refractivity contribution in [1.29, 1.82) is 0 Å². The van der Waals surface area contributed by atoms with Gasteiger partial charge in [0.15, 0.2) is 0 Å². The molecule has 0 radical (unpaired) electrons. The van der Waals surface area contributed by atoms with Gasteiger partial charge in [0.2, 0.25) is 0 Å². The van der Waals surface area contributed by atoms with Gasteiger partial charge in [0.1, 0.15) is 6.29 Å².